The van der Waals surface area contributed by atoms with Crippen molar-refractivity contribution in [3.05, 3.63) is 29.8 Å². The fraction of sp³-hybridized carbons (Fsp3) is 0.625. The van der Waals surface area contributed by atoms with Crippen molar-refractivity contribution in [1.82, 2.24) is 15.2 Å². The van der Waals surface area contributed by atoms with Gasteiger partial charge in [-0.3, -0.25) is 4.79 Å². The van der Waals surface area contributed by atoms with Crippen LogP contribution in [-0.4, -0.2) is 41.5 Å². The second-order valence-corrected chi connectivity index (χ2v) is 5.63. The number of carbonyl (C=O) groups is 1. The number of piperidine rings is 1. The molecule has 2 heterocycles. The average molecular weight is 293 g/mol. The average Bonchev–Trinajstić information content (AvgIpc) is 2.52. The van der Waals surface area contributed by atoms with Crippen LogP contribution in [0.25, 0.3) is 0 Å². The van der Waals surface area contributed by atoms with E-state index < -0.39 is 5.82 Å². The third-order valence-electron chi connectivity index (χ3n) is 4.15. The van der Waals surface area contributed by atoms with Crippen LogP contribution >= 0.6 is 0 Å². The molecule has 1 aliphatic rings. The fourth-order valence-electron chi connectivity index (χ4n) is 2.89. The molecule has 2 unspecified atom stereocenters. The van der Waals surface area contributed by atoms with Crippen molar-refractivity contribution in [2.24, 2.45) is 5.92 Å². The van der Waals surface area contributed by atoms with Gasteiger partial charge in [0.15, 0.2) is 0 Å². The van der Waals surface area contributed by atoms with Crippen LogP contribution in [0.1, 0.15) is 43.6 Å². The summed E-state index contributed by atoms with van der Waals surface area (Å²) in [5.74, 6) is -0.0439. The fourth-order valence-corrected chi connectivity index (χ4v) is 2.89. The summed E-state index contributed by atoms with van der Waals surface area (Å²) < 4.78 is 12.9. The van der Waals surface area contributed by atoms with Gasteiger partial charge in [-0.15, -0.1) is 0 Å². The van der Waals surface area contributed by atoms with Gasteiger partial charge in [0.05, 0.1) is 6.20 Å². The van der Waals surface area contributed by atoms with Gasteiger partial charge in [0.25, 0.3) is 5.91 Å². The van der Waals surface area contributed by atoms with Crippen molar-refractivity contribution in [2.45, 2.75) is 39.2 Å². The summed E-state index contributed by atoms with van der Waals surface area (Å²) in [5, 5.41) is 3.58. The zero-order valence-electron chi connectivity index (χ0n) is 12.8. The van der Waals surface area contributed by atoms with E-state index in [2.05, 4.69) is 24.1 Å². The number of aromatic nitrogens is 1. The Morgan fingerprint density at radius 2 is 2.29 bits per heavy atom. The number of nitrogens with one attached hydrogen (secondary N) is 1. The molecule has 1 aromatic rings. The Balaban J connectivity index is 1.99. The van der Waals surface area contributed by atoms with Gasteiger partial charge in [-0.25, -0.2) is 9.37 Å². The molecule has 1 N–H and O–H groups in total. The summed E-state index contributed by atoms with van der Waals surface area (Å²) >= 11 is 0. The van der Waals surface area contributed by atoms with Crippen LogP contribution in [0.15, 0.2) is 18.3 Å². The number of halogens is 1. The predicted octanol–water partition coefficient (Wildman–Crippen LogP) is 2.46. The smallest absolute Gasteiger partial charge is 0.272 e. The van der Waals surface area contributed by atoms with Crippen LogP contribution < -0.4 is 5.32 Å². The summed E-state index contributed by atoms with van der Waals surface area (Å²) in [4.78, 5) is 18.2. The third-order valence-corrected chi connectivity index (χ3v) is 4.15. The lowest BCUT2D eigenvalue weighted by molar-refractivity contribution is 0.0621. The highest BCUT2D eigenvalue weighted by molar-refractivity contribution is 5.92. The minimum absolute atomic E-state index is 0.0950. The molecule has 0 radical (unpaired) electrons. The van der Waals surface area contributed by atoms with Crippen LogP contribution in [0, 0.1) is 11.7 Å². The van der Waals surface area contributed by atoms with Crippen LogP contribution in [0.4, 0.5) is 4.39 Å². The first-order valence-electron chi connectivity index (χ1n) is 7.79. The lowest BCUT2D eigenvalue weighted by atomic mass is 9.89. The van der Waals surface area contributed by atoms with Gasteiger partial charge < -0.3 is 10.2 Å². The molecule has 5 heteroatoms. The van der Waals surface area contributed by atoms with E-state index in [1.54, 1.807) is 0 Å². The van der Waals surface area contributed by atoms with Gasteiger partial charge in [-0.05, 0) is 37.4 Å². The van der Waals surface area contributed by atoms with Crippen LogP contribution in [0.2, 0.25) is 0 Å². The molecule has 0 bridgehead atoms. The minimum atomic E-state index is -0.416. The number of nitrogens with zero attached hydrogens (tertiary/aromatic N) is 2. The first-order chi connectivity index (χ1) is 10.2. The van der Waals surface area contributed by atoms with Crippen LogP contribution in [0.3, 0.4) is 0 Å². The highest BCUT2D eigenvalue weighted by Crippen LogP contribution is 2.21. The van der Waals surface area contributed by atoms with Gasteiger partial charge >= 0.3 is 0 Å². The zero-order valence-corrected chi connectivity index (χ0v) is 12.8. The molecule has 1 saturated heterocycles. The topological polar surface area (TPSA) is 45.2 Å². The lowest BCUT2D eigenvalue weighted by Gasteiger charge is -2.38. The van der Waals surface area contributed by atoms with E-state index in [0.29, 0.717) is 17.7 Å². The van der Waals surface area contributed by atoms with E-state index in [1.165, 1.54) is 12.1 Å². The van der Waals surface area contributed by atoms with Gasteiger partial charge in [0.2, 0.25) is 0 Å². The third kappa shape index (κ3) is 4.00. The molecule has 116 valence electrons. The number of hydrogen-bond acceptors (Lipinski definition) is 3. The van der Waals surface area contributed by atoms with Crippen LogP contribution in [-0.2, 0) is 0 Å². The number of carbonyl (C=O) groups excluding carboxylic acids is 1. The SMILES string of the molecule is CCCNC1CCN(C(=O)c2ccc(F)cn2)CC1CC. The summed E-state index contributed by atoms with van der Waals surface area (Å²) in [6.45, 7) is 6.82. The molecule has 1 aliphatic heterocycles. The predicted molar refractivity (Wildman–Crippen MR) is 80.6 cm³/mol. The number of rotatable bonds is 5. The molecule has 0 saturated carbocycles. The van der Waals surface area contributed by atoms with Crippen molar-refractivity contribution in [2.75, 3.05) is 19.6 Å². The Morgan fingerprint density at radius 3 is 2.90 bits per heavy atom. The Hall–Kier alpha value is -1.49. The van der Waals surface area contributed by atoms with Gasteiger partial charge in [-0.1, -0.05) is 20.3 Å². The summed E-state index contributed by atoms with van der Waals surface area (Å²) in [5.41, 5.74) is 0.325. The van der Waals surface area contributed by atoms with E-state index in [9.17, 15) is 9.18 Å². The Bertz CT molecular complexity index is 463. The second kappa shape index (κ2) is 7.50. The van der Waals surface area contributed by atoms with Crippen LogP contribution in [0.5, 0.6) is 0 Å². The second-order valence-electron chi connectivity index (χ2n) is 5.63. The number of pyridine rings is 1. The highest BCUT2D eigenvalue weighted by Gasteiger charge is 2.30. The number of amides is 1. The molecular weight excluding hydrogens is 269 g/mol. The Morgan fingerprint density at radius 1 is 1.48 bits per heavy atom. The summed E-state index contributed by atoms with van der Waals surface area (Å²) in [6.07, 6.45) is 4.22. The molecule has 1 amide bonds. The van der Waals surface area contributed by atoms with Crippen molar-refractivity contribution in [3.8, 4) is 0 Å². The largest absolute Gasteiger partial charge is 0.337 e. The molecule has 1 fully saturated rings. The van der Waals surface area contributed by atoms with E-state index >= 15 is 0 Å². The molecule has 2 atom stereocenters. The van der Waals surface area contributed by atoms with E-state index in [4.69, 9.17) is 0 Å². The van der Waals surface area contributed by atoms with E-state index in [1.807, 2.05) is 4.90 Å². The molecular formula is C16H24FN3O. The maximum atomic E-state index is 12.9. The monoisotopic (exact) mass is 293 g/mol. The van der Waals surface area contributed by atoms with Crippen molar-refractivity contribution >= 4 is 5.91 Å². The summed E-state index contributed by atoms with van der Waals surface area (Å²) in [7, 11) is 0. The highest BCUT2D eigenvalue weighted by atomic mass is 19.1. The quantitative estimate of drug-likeness (QED) is 0.907. The van der Waals surface area contributed by atoms with Crippen molar-refractivity contribution in [3.63, 3.8) is 0 Å². The lowest BCUT2D eigenvalue weighted by Crippen LogP contribution is -2.51. The number of hydrogen-bond donors (Lipinski definition) is 1. The molecule has 2 rings (SSSR count). The van der Waals surface area contributed by atoms with E-state index in [-0.39, 0.29) is 5.91 Å². The molecule has 1 aromatic heterocycles. The van der Waals surface area contributed by atoms with E-state index in [0.717, 1.165) is 45.1 Å². The van der Waals surface area contributed by atoms with Crippen molar-refractivity contribution < 1.29 is 9.18 Å². The minimum Gasteiger partial charge on any atom is -0.337 e. The van der Waals surface area contributed by atoms with Gasteiger partial charge in [0, 0.05) is 19.1 Å². The molecule has 0 aromatic carbocycles. The molecule has 21 heavy (non-hydrogen) atoms. The maximum Gasteiger partial charge on any atom is 0.272 e. The normalized spacial score (nSPS) is 22.3. The van der Waals surface area contributed by atoms with Gasteiger partial charge in [0.1, 0.15) is 11.5 Å². The Kier molecular flexibility index (Phi) is 5.67. The first kappa shape index (κ1) is 15.9. The number of likely N-dealkylation sites (tertiary alicyclic amines) is 1. The molecule has 0 aliphatic carbocycles. The summed E-state index contributed by atoms with van der Waals surface area (Å²) in [6, 6.07) is 3.23. The maximum absolute atomic E-state index is 12.9. The molecule has 0 spiro atoms. The standard InChI is InChI=1S/C16H24FN3O/c1-3-8-18-14-7-9-20(11-12(14)4-2)16(21)15-6-5-13(17)10-19-15/h5-6,10,12,14,18H,3-4,7-9,11H2,1-2H3. The van der Waals surface area contributed by atoms with Gasteiger partial charge in [-0.2, -0.15) is 0 Å². The van der Waals surface area contributed by atoms with Crippen molar-refractivity contribution in [1.29, 1.82) is 0 Å². The molecule has 4 nitrogen and oxygen atoms in total. The first-order valence-corrected chi connectivity index (χ1v) is 7.79. The zero-order chi connectivity index (χ0) is 15.2. The Labute approximate surface area is 125 Å².